The maximum Gasteiger partial charge on any atom is 0.120 e. The number of fused-ring (bicyclic) bond motifs is 1. The van der Waals surface area contributed by atoms with Crippen molar-refractivity contribution in [3.63, 3.8) is 0 Å². The first-order valence-corrected chi connectivity index (χ1v) is 4.94. The molecule has 3 nitrogen and oxygen atoms in total. The highest BCUT2D eigenvalue weighted by molar-refractivity contribution is 5.56. The summed E-state index contributed by atoms with van der Waals surface area (Å²) in [7, 11) is 1.69. The molecule has 3 heteroatoms. The predicted octanol–water partition coefficient (Wildman–Crippen LogP) is 1.24. The fourth-order valence-electron chi connectivity index (χ4n) is 1.83. The molecule has 1 aliphatic heterocycles. The van der Waals surface area contributed by atoms with E-state index in [1.165, 1.54) is 11.3 Å². The molecule has 76 valence electrons. The van der Waals surface area contributed by atoms with E-state index >= 15 is 0 Å². The standard InChI is InChI=1S/C11H16N2O/c1-14-10-3-2-9-4-8(6-12)7-13-11(9)5-10/h2-3,5,8,13H,4,6-7,12H2,1H3. The highest BCUT2D eigenvalue weighted by Crippen LogP contribution is 2.28. The summed E-state index contributed by atoms with van der Waals surface area (Å²) in [6, 6.07) is 6.16. The molecule has 1 aliphatic rings. The topological polar surface area (TPSA) is 47.3 Å². The number of anilines is 1. The van der Waals surface area contributed by atoms with Crippen molar-refractivity contribution in [3.05, 3.63) is 23.8 Å². The lowest BCUT2D eigenvalue weighted by Crippen LogP contribution is -2.29. The summed E-state index contributed by atoms with van der Waals surface area (Å²) in [5.74, 6) is 1.47. The van der Waals surface area contributed by atoms with Crippen LogP contribution < -0.4 is 15.8 Å². The van der Waals surface area contributed by atoms with Crippen molar-refractivity contribution in [3.8, 4) is 5.75 Å². The number of hydrogen-bond donors (Lipinski definition) is 2. The normalized spacial score (nSPS) is 19.7. The van der Waals surface area contributed by atoms with E-state index < -0.39 is 0 Å². The van der Waals surface area contributed by atoms with Crippen molar-refractivity contribution in [2.24, 2.45) is 11.7 Å². The lowest BCUT2D eigenvalue weighted by atomic mass is 9.94. The first kappa shape index (κ1) is 9.34. The Bertz CT molecular complexity index is 325. The molecule has 0 saturated heterocycles. The Morgan fingerprint density at radius 1 is 1.57 bits per heavy atom. The van der Waals surface area contributed by atoms with E-state index in [1.807, 2.05) is 12.1 Å². The van der Waals surface area contributed by atoms with E-state index in [0.29, 0.717) is 5.92 Å². The molecule has 1 aromatic rings. The highest BCUT2D eigenvalue weighted by Gasteiger charge is 2.16. The molecular formula is C11H16N2O. The molecule has 14 heavy (non-hydrogen) atoms. The van der Waals surface area contributed by atoms with Crippen LogP contribution in [0.3, 0.4) is 0 Å². The maximum absolute atomic E-state index is 5.65. The molecule has 0 aliphatic carbocycles. The Morgan fingerprint density at radius 3 is 3.14 bits per heavy atom. The highest BCUT2D eigenvalue weighted by atomic mass is 16.5. The van der Waals surface area contributed by atoms with Crippen LogP contribution in [0.25, 0.3) is 0 Å². The van der Waals surface area contributed by atoms with Crippen molar-refractivity contribution >= 4 is 5.69 Å². The second-order valence-electron chi connectivity index (χ2n) is 3.71. The minimum atomic E-state index is 0.566. The molecule has 0 radical (unpaired) electrons. The second kappa shape index (κ2) is 3.88. The van der Waals surface area contributed by atoms with Crippen LogP contribution >= 0.6 is 0 Å². The number of rotatable bonds is 2. The Hall–Kier alpha value is -1.22. The second-order valence-corrected chi connectivity index (χ2v) is 3.71. The van der Waals surface area contributed by atoms with Gasteiger partial charge in [0.2, 0.25) is 0 Å². The van der Waals surface area contributed by atoms with Gasteiger partial charge in [-0.1, -0.05) is 6.07 Å². The largest absolute Gasteiger partial charge is 0.497 e. The number of ether oxygens (including phenoxy) is 1. The Kier molecular flexibility index (Phi) is 2.59. The molecule has 0 amide bonds. The van der Waals surface area contributed by atoms with Gasteiger partial charge in [-0.05, 0) is 30.5 Å². The van der Waals surface area contributed by atoms with E-state index in [0.717, 1.165) is 25.3 Å². The van der Waals surface area contributed by atoms with Crippen LogP contribution in [0.15, 0.2) is 18.2 Å². The number of nitrogens with one attached hydrogen (secondary N) is 1. The third-order valence-corrected chi connectivity index (χ3v) is 2.74. The van der Waals surface area contributed by atoms with Crippen molar-refractivity contribution in [2.45, 2.75) is 6.42 Å². The monoisotopic (exact) mass is 192 g/mol. The van der Waals surface area contributed by atoms with Crippen molar-refractivity contribution < 1.29 is 4.74 Å². The first-order chi connectivity index (χ1) is 6.83. The van der Waals surface area contributed by atoms with Crippen molar-refractivity contribution in [2.75, 3.05) is 25.5 Å². The van der Waals surface area contributed by atoms with Gasteiger partial charge in [-0.2, -0.15) is 0 Å². The van der Waals surface area contributed by atoms with E-state index in [2.05, 4.69) is 11.4 Å². The van der Waals surface area contributed by atoms with Crippen LogP contribution in [0.5, 0.6) is 5.75 Å². The van der Waals surface area contributed by atoms with Gasteiger partial charge in [-0.3, -0.25) is 0 Å². The molecule has 0 fully saturated rings. The summed E-state index contributed by atoms with van der Waals surface area (Å²) < 4.78 is 5.17. The van der Waals surface area contributed by atoms with Crippen LogP contribution in [0.1, 0.15) is 5.56 Å². The number of nitrogens with two attached hydrogens (primary N) is 1. The minimum Gasteiger partial charge on any atom is -0.497 e. The average Bonchev–Trinajstić information content (AvgIpc) is 2.27. The third kappa shape index (κ3) is 1.68. The van der Waals surface area contributed by atoms with Crippen LogP contribution in [-0.2, 0) is 6.42 Å². The molecule has 0 spiro atoms. The average molecular weight is 192 g/mol. The predicted molar refractivity (Wildman–Crippen MR) is 57.7 cm³/mol. The van der Waals surface area contributed by atoms with Crippen molar-refractivity contribution in [1.29, 1.82) is 0 Å². The zero-order chi connectivity index (χ0) is 9.97. The van der Waals surface area contributed by atoms with Gasteiger partial charge in [0.1, 0.15) is 5.75 Å². The van der Waals surface area contributed by atoms with Gasteiger partial charge in [0.05, 0.1) is 7.11 Å². The van der Waals surface area contributed by atoms with Gasteiger partial charge in [0.25, 0.3) is 0 Å². The van der Waals surface area contributed by atoms with Crippen LogP contribution in [0, 0.1) is 5.92 Å². The zero-order valence-electron chi connectivity index (χ0n) is 8.42. The fourth-order valence-corrected chi connectivity index (χ4v) is 1.83. The van der Waals surface area contributed by atoms with Crippen molar-refractivity contribution in [1.82, 2.24) is 0 Å². The van der Waals surface area contributed by atoms with Gasteiger partial charge in [0.15, 0.2) is 0 Å². The van der Waals surface area contributed by atoms with Crippen LogP contribution in [-0.4, -0.2) is 20.2 Å². The van der Waals surface area contributed by atoms with E-state index in [9.17, 15) is 0 Å². The molecule has 2 rings (SSSR count). The summed E-state index contributed by atoms with van der Waals surface area (Å²) in [6.45, 7) is 1.72. The van der Waals surface area contributed by atoms with Gasteiger partial charge < -0.3 is 15.8 Å². The molecule has 0 bridgehead atoms. The van der Waals surface area contributed by atoms with Crippen LogP contribution in [0.2, 0.25) is 0 Å². The van der Waals surface area contributed by atoms with E-state index in [4.69, 9.17) is 10.5 Å². The zero-order valence-corrected chi connectivity index (χ0v) is 8.42. The Balaban J connectivity index is 2.23. The number of hydrogen-bond acceptors (Lipinski definition) is 3. The third-order valence-electron chi connectivity index (χ3n) is 2.74. The molecule has 0 saturated carbocycles. The molecule has 1 aromatic carbocycles. The lowest BCUT2D eigenvalue weighted by molar-refractivity contribution is 0.414. The molecule has 1 atom stereocenters. The summed E-state index contributed by atoms with van der Waals surface area (Å²) in [5.41, 5.74) is 8.18. The van der Waals surface area contributed by atoms with Gasteiger partial charge >= 0.3 is 0 Å². The maximum atomic E-state index is 5.65. The van der Waals surface area contributed by atoms with Crippen LogP contribution in [0.4, 0.5) is 5.69 Å². The lowest BCUT2D eigenvalue weighted by Gasteiger charge is -2.25. The fraction of sp³-hybridized carbons (Fsp3) is 0.455. The van der Waals surface area contributed by atoms with E-state index in [-0.39, 0.29) is 0 Å². The minimum absolute atomic E-state index is 0.566. The molecule has 1 heterocycles. The summed E-state index contributed by atoms with van der Waals surface area (Å²) >= 11 is 0. The summed E-state index contributed by atoms with van der Waals surface area (Å²) in [6.07, 6.45) is 1.07. The van der Waals surface area contributed by atoms with Gasteiger partial charge in [-0.25, -0.2) is 0 Å². The molecule has 1 unspecified atom stereocenters. The van der Waals surface area contributed by atoms with E-state index in [1.54, 1.807) is 7.11 Å². The Labute approximate surface area is 84.3 Å². The first-order valence-electron chi connectivity index (χ1n) is 4.94. The Morgan fingerprint density at radius 2 is 2.43 bits per heavy atom. The summed E-state index contributed by atoms with van der Waals surface area (Å²) in [5, 5.41) is 3.38. The number of methoxy groups -OCH3 is 1. The van der Waals surface area contributed by atoms with Gasteiger partial charge in [-0.15, -0.1) is 0 Å². The molecule has 0 aromatic heterocycles. The SMILES string of the molecule is COc1ccc2c(c1)NCC(CN)C2. The summed E-state index contributed by atoms with van der Waals surface area (Å²) in [4.78, 5) is 0. The van der Waals surface area contributed by atoms with Gasteiger partial charge in [0, 0.05) is 18.3 Å². The molecular weight excluding hydrogens is 176 g/mol. The quantitative estimate of drug-likeness (QED) is 0.741. The molecule has 3 N–H and O–H groups in total. The smallest absolute Gasteiger partial charge is 0.120 e. The number of benzene rings is 1.